The Bertz CT molecular complexity index is 965. The van der Waals surface area contributed by atoms with E-state index in [1.807, 2.05) is 34.6 Å². The monoisotopic (exact) mass is 420 g/mol. The first-order valence-electron chi connectivity index (χ1n) is 9.67. The average molecular weight is 420 g/mol. The minimum atomic E-state index is -4.62. The van der Waals surface area contributed by atoms with Gasteiger partial charge in [-0.2, -0.15) is 13.2 Å². The quantitative estimate of drug-likeness (QED) is 0.748. The van der Waals surface area contributed by atoms with E-state index in [1.165, 1.54) is 6.07 Å². The number of aryl methyl sites for hydroxylation is 1. The molecule has 5 nitrogen and oxygen atoms in total. The van der Waals surface area contributed by atoms with Crippen LogP contribution in [0.25, 0.3) is 0 Å². The molecule has 1 amide bonds. The number of carbonyl (C=O) groups is 1. The van der Waals surface area contributed by atoms with Crippen LogP contribution in [0, 0.1) is 6.92 Å². The van der Waals surface area contributed by atoms with Crippen molar-refractivity contribution in [3.63, 3.8) is 0 Å². The topological polar surface area (TPSA) is 60.5 Å². The van der Waals surface area contributed by atoms with Gasteiger partial charge in [-0.3, -0.25) is 9.78 Å². The summed E-state index contributed by atoms with van der Waals surface area (Å²) in [6, 6.07) is 7.17. The molecule has 0 saturated carbocycles. The molecule has 1 fully saturated rings. The number of amides is 1. The molecule has 2 aromatic rings. The summed E-state index contributed by atoms with van der Waals surface area (Å²) in [4.78, 5) is 15.8. The number of hydrogen-bond donors (Lipinski definition) is 1. The lowest BCUT2D eigenvalue weighted by Gasteiger charge is -2.35. The number of benzene rings is 1. The highest BCUT2D eigenvalue weighted by molar-refractivity contribution is 6.62. The SMILES string of the molecule is CCC1(C)OB(c2cc(NC(=O)c3ccnc(C(F)(F)F)c3)ccc2C)OC1(C)C. The highest BCUT2D eigenvalue weighted by Gasteiger charge is 2.53. The molecule has 30 heavy (non-hydrogen) atoms. The van der Waals surface area contributed by atoms with Crippen LogP contribution in [0.2, 0.25) is 0 Å². The van der Waals surface area contributed by atoms with Crippen LogP contribution in [0.1, 0.15) is 55.7 Å². The van der Waals surface area contributed by atoms with E-state index >= 15 is 0 Å². The number of aromatic nitrogens is 1. The maximum atomic E-state index is 12.9. The van der Waals surface area contributed by atoms with Gasteiger partial charge in [0.15, 0.2) is 0 Å². The van der Waals surface area contributed by atoms with Crippen molar-refractivity contribution in [1.82, 2.24) is 4.98 Å². The van der Waals surface area contributed by atoms with E-state index in [4.69, 9.17) is 9.31 Å². The van der Waals surface area contributed by atoms with Gasteiger partial charge in [0, 0.05) is 17.4 Å². The Hall–Kier alpha value is -2.39. The van der Waals surface area contributed by atoms with Gasteiger partial charge in [-0.1, -0.05) is 18.6 Å². The standard InChI is InChI=1S/C21H24BF3N2O3/c1-6-20(5)19(3,4)29-22(30-20)16-12-15(8-7-13(16)2)27-18(28)14-9-10-26-17(11-14)21(23,24)25/h7-12H,6H2,1-5H3,(H,27,28). The van der Waals surface area contributed by atoms with Gasteiger partial charge in [-0.05, 0) is 63.8 Å². The van der Waals surface area contributed by atoms with E-state index in [0.717, 1.165) is 29.7 Å². The van der Waals surface area contributed by atoms with Gasteiger partial charge in [0.1, 0.15) is 5.69 Å². The molecule has 160 valence electrons. The molecule has 0 radical (unpaired) electrons. The number of halogens is 3. The predicted molar refractivity (Wildman–Crippen MR) is 109 cm³/mol. The van der Waals surface area contributed by atoms with Crippen molar-refractivity contribution in [3.8, 4) is 0 Å². The molecule has 1 aliphatic heterocycles. The maximum absolute atomic E-state index is 12.9. The van der Waals surface area contributed by atoms with Crippen LogP contribution in [0.15, 0.2) is 36.5 Å². The molecule has 1 aromatic carbocycles. The van der Waals surface area contributed by atoms with Crippen molar-refractivity contribution < 1.29 is 27.3 Å². The van der Waals surface area contributed by atoms with Crippen LogP contribution in [0.3, 0.4) is 0 Å². The zero-order valence-corrected chi connectivity index (χ0v) is 17.6. The van der Waals surface area contributed by atoms with Gasteiger partial charge in [-0.15, -0.1) is 0 Å². The molecule has 1 aliphatic rings. The van der Waals surface area contributed by atoms with Crippen molar-refractivity contribution in [1.29, 1.82) is 0 Å². The van der Waals surface area contributed by atoms with E-state index in [1.54, 1.807) is 18.2 Å². The lowest BCUT2D eigenvalue weighted by Crippen LogP contribution is -2.44. The number of hydrogen-bond acceptors (Lipinski definition) is 4. The molecule has 9 heteroatoms. The van der Waals surface area contributed by atoms with Crippen molar-refractivity contribution in [3.05, 3.63) is 53.3 Å². The molecular weight excluding hydrogens is 396 g/mol. The van der Waals surface area contributed by atoms with Crippen LogP contribution in [0.5, 0.6) is 0 Å². The lowest BCUT2D eigenvalue weighted by atomic mass is 9.76. The van der Waals surface area contributed by atoms with Gasteiger partial charge in [-0.25, -0.2) is 0 Å². The Kier molecular flexibility index (Phi) is 5.73. The number of pyridine rings is 1. The summed E-state index contributed by atoms with van der Waals surface area (Å²) in [6.45, 7) is 9.87. The van der Waals surface area contributed by atoms with Crippen molar-refractivity contribution in [2.45, 2.75) is 58.4 Å². The summed E-state index contributed by atoms with van der Waals surface area (Å²) in [5.41, 5.74) is -0.138. The van der Waals surface area contributed by atoms with E-state index in [-0.39, 0.29) is 5.56 Å². The lowest BCUT2D eigenvalue weighted by molar-refractivity contribution is -0.141. The summed E-state index contributed by atoms with van der Waals surface area (Å²) in [5, 5.41) is 2.64. The number of anilines is 1. The predicted octanol–water partition coefficient (Wildman–Crippen LogP) is 4.35. The zero-order chi connectivity index (χ0) is 22.3. The molecule has 2 heterocycles. The second kappa shape index (κ2) is 7.70. The van der Waals surface area contributed by atoms with E-state index in [9.17, 15) is 18.0 Å². The molecule has 3 rings (SSSR count). The molecule has 0 aliphatic carbocycles. The molecule has 0 spiro atoms. The highest BCUT2D eigenvalue weighted by Crippen LogP contribution is 2.39. The molecule has 1 saturated heterocycles. The third kappa shape index (κ3) is 4.22. The highest BCUT2D eigenvalue weighted by atomic mass is 19.4. The fourth-order valence-corrected chi connectivity index (χ4v) is 3.33. The van der Waals surface area contributed by atoms with Crippen LogP contribution >= 0.6 is 0 Å². The van der Waals surface area contributed by atoms with E-state index in [2.05, 4.69) is 10.3 Å². The first-order chi connectivity index (χ1) is 13.9. The third-order valence-electron chi connectivity index (χ3n) is 5.82. The Morgan fingerprint density at radius 3 is 2.47 bits per heavy atom. The minimum absolute atomic E-state index is 0.132. The molecular formula is C21H24BF3N2O3. The van der Waals surface area contributed by atoms with Crippen LogP contribution < -0.4 is 10.8 Å². The summed E-state index contributed by atoms with van der Waals surface area (Å²) >= 11 is 0. The molecule has 1 N–H and O–H groups in total. The van der Waals surface area contributed by atoms with Gasteiger partial charge < -0.3 is 14.6 Å². The largest absolute Gasteiger partial charge is 0.495 e. The second-order valence-electron chi connectivity index (χ2n) is 8.12. The first-order valence-corrected chi connectivity index (χ1v) is 9.67. The third-order valence-corrected chi connectivity index (χ3v) is 5.82. The summed E-state index contributed by atoms with van der Waals surface area (Å²) < 4.78 is 50.9. The number of alkyl halides is 3. The average Bonchev–Trinajstić information content (AvgIpc) is 2.92. The van der Waals surface area contributed by atoms with Gasteiger partial charge in [0.2, 0.25) is 0 Å². The van der Waals surface area contributed by atoms with Crippen molar-refractivity contribution in [2.75, 3.05) is 5.32 Å². The molecule has 1 aromatic heterocycles. The minimum Gasteiger partial charge on any atom is -0.399 e. The Morgan fingerprint density at radius 1 is 1.17 bits per heavy atom. The fourth-order valence-electron chi connectivity index (χ4n) is 3.33. The number of nitrogens with one attached hydrogen (secondary N) is 1. The van der Waals surface area contributed by atoms with E-state index < -0.39 is 36.1 Å². The van der Waals surface area contributed by atoms with Gasteiger partial charge >= 0.3 is 13.3 Å². The first kappa shape index (κ1) is 22.3. The normalized spacial score (nSPS) is 21.0. The fraction of sp³-hybridized carbons (Fsp3) is 0.429. The second-order valence-corrected chi connectivity index (χ2v) is 8.12. The van der Waals surface area contributed by atoms with Crippen LogP contribution in [0.4, 0.5) is 18.9 Å². The Balaban J connectivity index is 1.84. The molecule has 1 atom stereocenters. The van der Waals surface area contributed by atoms with Crippen LogP contribution in [-0.4, -0.2) is 29.2 Å². The number of rotatable bonds is 4. The van der Waals surface area contributed by atoms with Crippen molar-refractivity contribution >= 4 is 24.2 Å². The summed E-state index contributed by atoms with van der Waals surface area (Å²) in [6.07, 6.45) is -2.90. The number of carbonyl (C=O) groups excluding carboxylic acids is 1. The molecule has 0 bridgehead atoms. The summed E-state index contributed by atoms with van der Waals surface area (Å²) in [7, 11) is -0.612. The Morgan fingerprint density at radius 2 is 1.87 bits per heavy atom. The summed E-state index contributed by atoms with van der Waals surface area (Å²) in [5.74, 6) is -0.662. The van der Waals surface area contributed by atoms with Gasteiger partial charge in [0.25, 0.3) is 5.91 Å². The van der Waals surface area contributed by atoms with E-state index in [0.29, 0.717) is 5.69 Å². The molecule has 1 unspecified atom stereocenters. The zero-order valence-electron chi connectivity index (χ0n) is 17.6. The maximum Gasteiger partial charge on any atom is 0.495 e. The number of nitrogens with zero attached hydrogens (tertiary/aromatic N) is 1. The smallest absolute Gasteiger partial charge is 0.399 e. The van der Waals surface area contributed by atoms with Crippen molar-refractivity contribution in [2.24, 2.45) is 0 Å². The van der Waals surface area contributed by atoms with Gasteiger partial charge in [0.05, 0.1) is 11.2 Å². The van der Waals surface area contributed by atoms with Crippen LogP contribution in [-0.2, 0) is 15.5 Å². The Labute approximate surface area is 174 Å².